The van der Waals surface area contributed by atoms with Crippen LogP contribution in [0.15, 0.2) is 21.1 Å². The fraction of sp³-hybridized carbons (Fsp3) is 0.182. The topological polar surface area (TPSA) is 61.3 Å². The van der Waals surface area contributed by atoms with Crippen molar-refractivity contribution in [2.24, 2.45) is 0 Å². The number of rotatable bonds is 2. The predicted octanol–water partition coefficient (Wildman–Crippen LogP) is 3.14. The minimum absolute atomic E-state index is 0.195. The van der Waals surface area contributed by atoms with Crippen molar-refractivity contribution in [3.63, 3.8) is 0 Å². The molecule has 1 aromatic carbocycles. The van der Waals surface area contributed by atoms with Gasteiger partial charge in [-0.05, 0) is 28.9 Å². The summed E-state index contributed by atoms with van der Waals surface area (Å²) in [5.74, 6) is 0.251. The molecule has 0 atom stereocenters. The zero-order valence-electron chi connectivity index (χ0n) is 9.25. The second-order valence-electron chi connectivity index (χ2n) is 3.49. The van der Waals surface area contributed by atoms with E-state index in [4.69, 9.17) is 15.0 Å². The molecule has 0 aliphatic rings. The molecule has 4 nitrogen and oxygen atoms in total. The van der Waals surface area contributed by atoms with Crippen molar-refractivity contribution in [2.45, 2.75) is 6.92 Å². The van der Waals surface area contributed by atoms with Crippen LogP contribution in [0.4, 0.5) is 10.3 Å². The maximum Gasteiger partial charge on any atom is 0.222 e. The maximum absolute atomic E-state index is 13.7. The van der Waals surface area contributed by atoms with E-state index in [-0.39, 0.29) is 11.7 Å². The van der Waals surface area contributed by atoms with E-state index in [1.165, 1.54) is 7.11 Å². The highest BCUT2D eigenvalue weighted by molar-refractivity contribution is 9.10. The molecule has 0 amide bonds. The molecule has 0 unspecified atom stereocenters. The Morgan fingerprint density at radius 1 is 1.47 bits per heavy atom. The van der Waals surface area contributed by atoms with Gasteiger partial charge in [0.2, 0.25) is 5.88 Å². The van der Waals surface area contributed by atoms with Gasteiger partial charge in [0.1, 0.15) is 17.3 Å². The molecule has 17 heavy (non-hydrogen) atoms. The second kappa shape index (κ2) is 4.37. The fourth-order valence-electron chi connectivity index (χ4n) is 1.61. The molecule has 1 heterocycles. The van der Waals surface area contributed by atoms with Gasteiger partial charge < -0.3 is 15.0 Å². The number of nitrogens with two attached hydrogens (primary N) is 1. The predicted molar refractivity (Wildman–Crippen MR) is 65.3 cm³/mol. The van der Waals surface area contributed by atoms with Gasteiger partial charge in [0.25, 0.3) is 0 Å². The van der Waals surface area contributed by atoms with E-state index in [1.54, 1.807) is 19.1 Å². The van der Waals surface area contributed by atoms with Crippen LogP contribution in [0.2, 0.25) is 0 Å². The number of ether oxygens (including phenoxy) is 1. The van der Waals surface area contributed by atoms with Crippen LogP contribution in [0.3, 0.4) is 0 Å². The molecule has 0 aliphatic heterocycles. The first kappa shape index (κ1) is 11.9. The largest absolute Gasteiger partial charge is 0.496 e. The molecular weight excluding hydrogens is 291 g/mol. The smallest absolute Gasteiger partial charge is 0.222 e. The van der Waals surface area contributed by atoms with Crippen molar-refractivity contribution in [3.8, 4) is 17.0 Å². The van der Waals surface area contributed by atoms with Crippen LogP contribution in [0.5, 0.6) is 5.75 Å². The molecule has 2 rings (SSSR count). The Labute approximate surface area is 106 Å². The van der Waals surface area contributed by atoms with Gasteiger partial charge in [-0.3, -0.25) is 0 Å². The summed E-state index contributed by atoms with van der Waals surface area (Å²) in [6.45, 7) is 1.63. The zero-order chi connectivity index (χ0) is 12.6. The van der Waals surface area contributed by atoms with E-state index in [0.29, 0.717) is 27.0 Å². The van der Waals surface area contributed by atoms with E-state index >= 15 is 0 Å². The molecule has 0 aliphatic carbocycles. The molecule has 6 heteroatoms. The van der Waals surface area contributed by atoms with Crippen LogP contribution in [-0.4, -0.2) is 12.3 Å². The molecule has 2 aromatic rings. The molecule has 0 bridgehead atoms. The number of halogens is 2. The van der Waals surface area contributed by atoms with Crippen molar-refractivity contribution < 1.29 is 13.7 Å². The molecule has 0 saturated heterocycles. The van der Waals surface area contributed by atoms with Gasteiger partial charge in [0.15, 0.2) is 0 Å². The van der Waals surface area contributed by atoms with Crippen LogP contribution >= 0.6 is 15.9 Å². The van der Waals surface area contributed by atoms with E-state index in [0.717, 1.165) is 0 Å². The van der Waals surface area contributed by atoms with Gasteiger partial charge in [-0.25, -0.2) is 4.39 Å². The molecule has 0 spiro atoms. The van der Waals surface area contributed by atoms with E-state index < -0.39 is 0 Å². The summed E-state index contributed by atoms with van der Waals surface area (Å²) < 4.78 is 24.0. The number of hydrogen-bond acceptors (Lipinski definition) is 4. The lowest BCUT2D eigenvalue weighted by Crippen LogP contribution is -1.96. The number of hydrogen-bond donors (Lipinski definition) is 1. The van der Waals surface area contributed by atoms with Crippen molar-refractivity contribution in [1.29, 1.82) is 0 Å². The van der Waals surface area contributed by atoms with E-state index in [2.05, 4.69) is 21.1 Å². The molecule has 0 fully saturated rings. The van der Waals surface area contributed by atoms with E-state index in [9.17, 15) is 4.39 Å². The summed E-state index contributed by atoms with van der Waals surface area (Å²) in [4.78, 5) is 0. The van der Waals surface area contributed by atoms with Gasteiger partial charge in [-0.15, -0.1) is 0 Å². The second-order valence-corrected chi connectivity index (χ2v) is 4.35. The number of aromatic nitrogens is 1. The highest BCUT2D eigenvalue weighted by atomic mass is 79.9. The Morgan fingerprint density at radius 3 is 2.71 bits per heavy atom. The Bertz CT molecular complexity index is 569. The number of methoxy groups -OCH3 is 1. The third-order valence-corrected chi connectivity index (χ3v) is 2.98. The average molecular weight is 301 g/mol. The fourth-order valence-corrected chi connectivity index (χ4v) is 2.13. The monoisotopic (exact) mass is 300 g/mol. The van der Waals surface area contributed by atoms with Crippen molar-refractivity contribution >= 4 is 21.8 Å². The normalized spacial score (nSPS) is 10.6. The van der Waals surface area contributed by atoms with Gasteiger partial charge in [0, 0.05) is 17.2 Å². The number of benzene rings is 1. The van der Waals surface area contributed by atoms with E-state index in [1.807, 2.05) is 0 Å². The molecule has 1 aromatic heterocycles. The Hall–Kier alpha value is -1.56. The summed E-state index contributed by atoms with van der Waals surface area (Å²) in [6.07, 6.45) is 0. The van der Waals surface area contributed by atoms with Crippen molar-refractivity contribution in [1.82, 2.24) is 5.16 Å². The third-order valence-electron chi connectivity index (χ3n) is 2.40. The lowest BCUT2D eigenvalue weighted by molar-refractivity contribution is 0.406. The molecule has 90 valence electrons. The Balaban J connectivity index is 2.69. The molecular formula is C11H10BrFN2O2. The van der Waals surface area contributed by atoms with Crippen molar-refractivity contribution in [3.05, 3.63) is 28.0 Å². The minimum Gasteiger partial charge on any atom is -0.496 e. The zero-order valence-corrected chi connectivity index (χ0v) is 10.8. The number of nitrogen functional groups attached to an aromatic ring is 1. The minimum atomic E-state index is -0.359. The summed E-state index contributed by atoms with van der Waals surface area (Å²) in [7, 11) is 1.47. The average Bonchev–Trinajstić information content (AvgIpc) is 2.72. The first-order valence-electron chi connectivity index (χ1n) is 4.79. The highest BCUT2D eigenvalue weighted by Gasteiger charge is 2.18. The third kappa shape index (κ3) is 2.00. The van der Waals surface area contributed by atoms with Gasteiger partial charge in [0.05, 0.1) is 11.6 Å². The van der Waals surface area contributed by atoms with Gasteiger partial charge >= 0.3 is 0 Å². The quantitative estimate of drug-likeness (QED) is 0.925. The van der Waals surface area contributed by atoms with Crippen LogP contribution < -0.4 is 10.5 Å². The Kier molecular flexibility index (Phi) is 3.06. The standard InChI is InChI=1S/C11H10BrFN2O2/c1-5-10(13)7(12)3-6(11(5)16-2)8-4-9(14)17-15-8/h3-4H,14H2,1-2H3. The summed E-state index contributed by atoms with van der Waals surface area (Å²) in [5, 5.41) is 3.78. The first-order chi connectivity index (χ1) is 8.04. The maximum atomic E-state index is 13.7. The lowest BCUT2D eigenvalue weighted by atomic mass is 10.1. The SMILES string of the molecule is COc1c(-c2cc(N)on2)cc(Br)c(F)c1C. The van der Waals surface area contributed by atoms with Gasteiger partial charge in [-0.2, -0.15) is 0 Å². The lowest BCUT2D eigenvalue weighted by Gasteiger charge is -2.11. The van der Waals surface area contributed by atoms with Gasteiger partial charge in [-0.1, -0.05) is 5.16 Å². The molecule has 0 radical (unpaired) electrons. The summed E-state index contributed by atoms with van der Waals surface area (Å²) in [5.41, 5.74) is 6.99. The first-order valence-corrected chi connectivity index (χ1v) is 5.59. The summed E-state index contributed by atoms with van der Waals surface area (Å²) in [6, 6.07) is 3.14. The van der Waals surface area contributed by atoms with Crippen LogP contribution in [0.1, 0.15) is 5.56 Å². The van der Waals surface area contributed by atoms with Crippen LogP contribution in [0.25, 0.3) is 11.3 Å². The molecule has 2 N–H and O–H groups in total. The van der Waals surface area contributed by atoms with Crippen LogP contribution in [-0.2, 0) is 0 Å². The number of anilines is 1. The number of nitrogens with zero attached hydrogens (tertiary/aromatic N) is 1. The highest BCUT2D eigenvalue weighted by Crippen LogP contribution is 2.37. The Morgan fingerprint density at radius 2 is 2.18 bits per heavy atom. The van der Waals surface area contributed by atoms with Crippen molar-refractivity contribution in [2.75, 3.05) is 12.8 Å². The molecule has 0 saturated carbocycles. The summed E-state index contributed by atoms with van der Waals surface area (Å²) >= 11 is 3.14. The van der Waals surface area contributed by atoms with Crippen LogP contribution in [0, 0.1) is 12.7 Å².